The summed E-state index contributed by atoms with van der Waals surface area (Å²) in [5, 5.41) is 3.13. The summed E-state index contributed by atoms with van der Waals surface area (Å²) < 4.78 is 5.20. The lowest BCUT2D eigenvalue weighted by molar-refractivity contribution is -0.128. The monoisotopic (exact) mass is 354 g/mol. The van der Waals surface area contributed by atoms with Crippen LogP contribution in [0.3, 0.4) is 0 Å². The number of nitrogens with two attached hydrogens (primary N) is 1. The first-order chi connectivity index (χ1) is 10.8. The number of amides is 1. The highest BCUT2D eigenvalue weighted by molar-refractivity contribution is 5.85. The molecule has 0 aromatic heterocycles. The third-order valence-electron chi connectivity index (χ3n) is 5.15. The van der Waals surface area contributed by atoms with E-state index in [1.165, 1.54) is 5.56 Å². The molecule has 2 rings (SSSR count). The lowest BCUT2D eigenvalue weighted by Crippen LogP contribution is -2.54. The van der Waals surface area contributed by atoms with Crippen LogP contribution in [0.15, 0.2) is 24.3 Å². The van der Waals surface area contributed by atoms with E-state index < -0.39 is 0 Å². The number of carbonyl (C=O) groups excluding carboxylic acids is 1. The van der Waals surface area contributed by atoms with E-state index in [0.717, 1.165) is 31.4 Å². The molecule has 0 radical (unpaired) electrons. The molecule has 1 aliphatic rings. The van der Waals surface area contributed by atoms with Crippen molar-refractivity contribution in [2.24, 2.45) is 11.7 Å². The second kappa shape index (κ2) is 8.21. The Labute approximate surface area is 151 Å². The molecule has 1 aromatic carbocycles. The van der Waals surface area contributed by atoms with E-state index in [-0.39, 0.29) is 35.2 Å². The van der Waals surface area contributed by atoms with Gasteiger partial charge in [0.1, 0.15) is 5.75 Å². The van der Waals surface area contributed by atoms with Crippen LogP contribution in [0, 0.1) is 5.92 Å². The molecule has 0 spiro atoms. The maximum Gasteiger partial charge on any atom is 0.224 e. The maximum absolute atomic E-state index is 12.6. The standard InChI is InChI=1S/C19H30N2O2.ClH/c1-18(2,14-8-10-15(23-4)11-9-14)13-21-17(22)16-7-5-6-12-19(16,3)20;/h8-11,16H,5-7,12-13,20H2,1-4H3,(H,21,22);1H. The van der Waals surface area contributed by atoms with Gasteiger partial charge in [0.25, 0.3) is 0 Å². The highest BCUT2D eigenvalue weighted by Gasteiger charge is 2.38. The number of hydrogen-bond donors (Lipinski definition) is 2. The maximum atomic E-state index is 12.6. The number of hydrogen-bond acceptors (Lipinski definition) is 3. The summed E-state index contributed by atoms with van der Waals surface area (Å²) in [5.41, 5.74) is 6.99. The Kier molecular flexibility index (Phi) is 7.11. The molecule has 1 aromatic rings. The minimum atomic E-state index is -0.382. The zero-order valence-electron chi connectivity index (χ0n) is 15.2. The van der Waals surface area contributed by atoms with Gasteiger partial charge in [-0.3, -0.25) is 4.79 Å². The van der Waals surface area contributed by atoms with Crippen molar-refractivity contribution in [2.45, 2.75) is 57.4 Å². The molecule has 1 saturated carbocycles. The number of nitrogens with one attached hydrogen (secondary N) is 1. The number of halogens is 1. The summed E-state index contributed by atoms with van der Waals surface area (Å²) in [6.07, 6.45) is 4.02. The Bertz CT molecular complexity index is 541. The molecule has 1 fully saturated rings. The fourth-order valence-electron chi connectivity index (χ4n) is 3.36. The highest BCUT2D eigenvalue weighted by Crippen LogP contribution is 2.32. The summed E-state index contributed by atoms with van der Waals surface area (Å²) >= 11 is 0. The third kappa shape index (κ3) is 4.87. The molecule has 0 saturated heterocycles. The van der Waals surface area contributed by atoms with E-state index in [1.54, 1.807) is 7.11 Å². The van der Waals surface area contributed by atoms with Gasteiger partial charge in [-0.15, -0.1) is 12.4 Å². The molecule has 1 amide bonds. The zero-order valence-corrected chi connectivity index (χ0v) is 16.0. The van der Waals surface area contributed by atoms with Crippen molar-refractivity contribution in [2.75, 3.05) is 13.7 Å². The van der Waals surface area contributed by atoms with Crippen LogP contribution in [0.25, 0.3) is 0 Å². The average Bonchev–Trinajstić information content (AvgIpc) is 2.52. The fraction of sp³-hybridized carbons (Fsp3) is 0.632. The molecular weight excluding hydrogens is 324 g/mol. The quantitative estimate of drug-likeness (QED) is 0.851. The van der Waals surface area contributed by atoms with Crippen LogP contribution in [0.5, 0.6) is 5.75 Å². The topological polar surface area (TPSA) is 64.3 Å². The van der Waals surface area contributed by atoms with Crippen molar-refractivity contribution in [1.82, 2.24) is 5.32 Å². The molecule has 1 aliphatic carbocycles. The number of carbonyl (C=O) groups is 1. The smallest absolute Gasteiger partial charge is 0.224 e. The van der Waals surface area contributed by atoms with E-state index in [4.69, 9.17) is 10.5 Å². The number of methoxy groups -OCH3 is 1. The Morgan fingerprint density at radius 1 is 1.33 bits per heavy atom. The second-order valence-electron chi connectivity index (χ2n) is 7.63. The molecule has 3 N–H and O–H groups in total. The minimum absolute atomic E-state index is 0. The van der Waals surface area contributed by atoms with E-state index >= 15 is 0 Å². The van der Waals surface area contributed by atoms with Gasteiger partial charge in [-0.05, 0) is 37.5 Å². The summed E-state index contributed by atoms with van der Waals surface area (Å²) in [5.74, 6) is 0.855. The van der Waals surface area contributed by atoms with Crippen LogP contribution in [0.2, 0.25) is 0 Å². The van der Waals surface area contributed by atoms with Crippen LogP contribution in [-0.4, -0.2) is 25.1 Å². The number of benzene rings is 1. The fourth-order valence-corrected chi connectivity index (χ4v) is 3.36. The van der Waals surface area contributed by atoms with Crippen molar-refractivity contribution in [3.8, 4) is 5.75 Å². The Balaban J connectivity index is 0.00000288. The lowest BCUT2D eigenvalue weighted by Gasteiger charge is -2.38. The molecular formula is C19H31ClN2O2. The Morgan fingerprint density at radius 2 is 1.96 bits per heavy atom. The first-order valence-corrected chi connectivity index (χ1v) is 8.47. The van der Waals surface area contributed by atoms with E-state index in [9.17, 15) is 4.79 Å². The zero-order chi connectivity index (χ0) is 17.1. The first kappa shape index (κ1) is 20.8. The predicted molar refractivity (Wildman–Crippen MR) is 101 cm³/mol. The van der Waals surface area contributed by atoms with Crippen LogP contribution >= 0.6 is 12.4 Å². The van der Waals surface area contributed by atoms with Crippen LogP contribution in [0.1, 0.15) is 52.0 Å². The van der Waals surface area contributed by atoms with Gasteiger partial charge in [-0.25, -0.2) is 0 Å². The van der Waals surface area contributed by atoms with Crippen LogP contribution < -0.4 is 15.8 Å². The van der Waals surface area contributed by atoms with Gasteiger partial charge in [-0.1, -0.05) is 38.8 Å². The molecule has 136 valence electrons. The van der Waals surface area contributed by atoms with Gasteiger partial charge in [0.05, 0.1) is 13.0 Å². The van der Waals surface area contributed by atoms with Crippen molar-refractivity contribution in [3.63, 3.8) is 0 Å². The minimum Gasteiger partial charge on any atom is -0.497 e. The summed E-state index contributed by atoms with van der Waals surface area (Å²) in [6, 6.07) is 8.02. The van der Waals surface area contributed by atoms with Crippen LogP contribution in [0.4, 0.5) is 0 Å². The molecule has 24 heavy (non-hydrogen) atoms. The molecule has 5 heteroatoms. The van der Waals surface area contributed by atoms with Crippen LogP contribution in [-0.2, 0) is 10.2 Å². The van der Waals surface area contributed by atoms with E-state index in [2.05, 4.69) is 31.3 Å². The lowest BCUT2D eigenvalue weighted by atomic mass is 9.74. The van der Waals surface area contributed by atoms with E-state index in [0.29, 0.717) is 6.54 Å². The SMILES string of the molecule is COc1ccc(C(C)(C)CNC(=O)C2CCCCC2(C)N)cc1.Cl. The molecule has 0 heterocycles. The first-order valence-electron chi connectivity index (χ1n) is 8.47. The van der Waals surface area contributed by atoms with Crippen molar-refractivity contribution < 1.29 is 9.53 Å². The van der Waals surface area contributed by atoms with E-state index in [1.807, 2.05) is 19.1 Å². The van der Waals surface area contributed by atoms with Gasteiger partial charge in [-0.2, -0.15) is 0 Å². The van der Waals surface area contributed by atoms with Crippen molar-refractivity contribution in [3.05, 3.63) is 29.8 Å². The largest absolute Gasteiger partial charge is 0.497 e. The molecule has 4 nitrogen and oxygen atoms in total. The van der Waals surface area contributed by atoms with Crippen molar-refractivity contribution >= 4 is 18.3 Å². The molecule has 0 aliphatic heterocycles. The summed E-state index contributed by atoms with van der Waals surface area (Å²) in [7, 11) is 1.66. The molecule has 2 atom stereocenters. The number of ether oxygens (including phenoxy) is 1. The Morgan fingerprint density at radius 3 is 2.50 bits per heavy atom. The van der Waals surface area contributed by atoms with Gasteiger partial charge in [0, 0.05) is 17.5 Å². The van der Waals surface area contributed by atoms with Gasteiger partial charge in [0.15, 0.2) is 0 Å². The highest BCUT2D eigenvalue weighted by atomic mass is 35.5. The average molecular weight is 355 g/mol. The van der Waals surface area contributed by atoms with Gasteiger partial charge in [0.2, 0.25) is 5.91 Å². The summed E-state index contributed by atoms with van der Waals surface area (Å²) in [4.78, 5) is 12.6. The van der Waals surface area contributed by atoms with Gasteiger partial charge >= 0.3 is 0 Å². The normalized spacial score (nSPS) is 24.0. The summed E-state index contributed by atoms with van der Waals surface area (Å²) in [6.45, 7) is 6.88. The van der Waals surface area contributed by atoms with Gasteiger partial charge < -0.3 is 15.8 Å². The number of rotatable bonds is 5. The third-order valence-corrected chi connectivity index (χ3v) is 5.15. The van der Waals surface area contributed by atoms with Crippen molar-refractivity contribution in [1.29, 1.82) is 0 Å². The Hall–Kier alpha value is -1.26. The predicted octanol–water partition coefficient (Wildman–Crippen LogP) is 3.42. The molecule has 2 unspecified atom stereocenters. The second-order valence-corrected chi connectivity index (χ2v) is 7.63. The molecule has 0 bridgehead atoms.